The highest BCUT2D eigenvalue weighted by molar-refractivity contribution is 5.25. The van der Waals surface area contributed by atoms with Crippen molar-refractivity contribution in [1.29, 1.82) is 0 Å². The van der Waals surface area contributed by atoms with E-state index < -0.39 is 0 Å². The lowest BCUT2D eigenvalue weighted by Crippen LogP contribution is -2.57. The summed E-state index contributed by atoms with van der Waals surface area (Å²) in [4.78, 5) is 0. The maximum absolute atomic E-state index is 5.68. The van der Waals surface area contributed by atoms with Crippen LogP contribution in [0.3, 0.4) is 0 Å². The van der Waals surface area contributed by atoms with Gasteiger partial charge in [-0.1, -0.05) is 0 Å². The molecule has 1 nitrogen and oxygen atoms in total. The van der Waals surface area contributed by atoms with Gasteiger partial charge < -0.3 is 4.74 Å². The Bertz CT molecular complexity index is 156. The molecule has 0 aromatic rings. The van der Waals surface area contributed by atoms with E-state index in [1.807, 2.05) is 0 Å². The highest BCUT2D eigenvalue weighted by atomic mass is 16.5. The Hall–Kier alpha value is -0.0400. The van der Waals surface area contributed by atoms with Crippen LogP contribution in [0.4, 0.5) is 0 Å². The average Bonchev–Trinajstić information content (AvgIpc) is 2.45. The zero-order valence-electron chi connectivity index (χ0n) is 5.29. The Morgan fingerprint density at radius 3 is 2.89 bits per heavy atom. The van der Waals surface area contributed by atoms with Crippen molar-refractivity contribution in [2.45, 2.75) is 25.0 Å². The summed E-state index contributed by atoms with van der Waals surface area (Å²) >= 11 is 0. The van der Waals surface area contributed by atoms with E-state index in [9.17, 15) is 0 Å². The van der Waals surface area contributed by atoms with Crippen LogP contribution in [-0.4, -0.2) is 12.2 Å². The molecule has 1 heteroatoms. The summed E-state index contributed by atoms with van der Waals surface area (Å²) in [5.41, 5.74) is 0. The van der Waals surface area contributed by atoms with Crippen molar-refractivity contribution in [3.05, 3.63) is 0 Å². The maximum Gasteiger partial charge on any atom is 0.0668 e. The van der Waals surface area contributed by atoms with E-state index in [2.05, 4.69) is 0 Å². The zero-order valence-corrected chi connectivity index (χ0v) is 5.29. The van der Waals surface area contributed by atoms with Crippen molar-refractivity contribution < 1.29 is 4.74 Å². The van der Waals surface area contributed by atoms with Crippen molar-refractivity contribution in [3.8, 4) is 0 Å². The minimum absolute atomic E-state index is 0.731. The molecule has 1 heterocycles. The van der Waals surface area contributed by atoms with E-state index in [-0.39, 0.29) is 0 Å². The quantitative estimate of drug-likeness (QED) is 0.466. The summed E-state index contributed by atoms with van der Waals surface area (Å²) in [6.45, 7) is 0. The Labute approximate surface area is 54.4 Å². The van der Waals surface area contributed by atoms with Gasteiger partial charge in [-0.05, 0) is 30.6 Å². The largest absolute Gasteiger partial charge is 0.374 e. The second-order valence-corrected chi connectivity index (χ2v) is 4.11. The molecule has 0 N–H and O–H groups in total. The topological polar surface area (TPSA) is 9.23 Å². The number of hydrogen-bond donors (Lipinski definition) is 0. The molecule has 4 aliphatic rings. The fourth-order valence-electron chi connectivity index (χ4n) is 3.61. The normalized spacial score (nSPS) is 80.0. The molecule has 48 valence electrons. The van der Waals surface area contributed by atoms with Crippen molar-refractivity contribution in [2.24, 2.45) is 23.7 Å². The van der Waals surface area contributed by atoms with Crippen LogP contribution in [0, 0.1) is 23.7 Å². The van der Waals surface area contributed by atoms with Gasteiger partial charge in [-0.2, -0.15) is 0 Å². The lowest BCUT2D eigenvalue weighted by Gasteiger charge is -2.52. The van der Waals surface area contributed by atoms with Gasteiger partial charge >= 0.3 is 0 Å². The standard InChI is InChI=1S/C8H10O/c1-2-4-7-5-3(1)6(5)8(7)9-4/h3-8H,1-2H2. The maximum atomic E-state index is 5.68. The first-order chi connectivity index (χ1) is 4.47. The van der Waals surface area contributed by atoms with E-state index in [0.717, 1.165) is 30.0 Å². The fourth-order valence-corrected chi connectivity index (χ4v) is 3.61. The van der Waals surface area contributed by atoms with Gasteiger partial charge in [-0.25, -0.2) is 0 Å². The van der Waals surface area contributed by atoms with E-state index in [1.54, 1.807) is 0 Å². The first kappa shape index (κ1) is 3.97. The van der Waals surface area contributed by atoms with Gasteiger partial charge in [0.25, 0.3) is 0 Å². The summed E-state index contributed by atoms with van der Waals surface area (Å²) in [6, 6.07) is 0. The minimum atomic E-state index is 0.731. The summed E-state index contributed by atoms with van der Waals surface area (Å²) in [6.07, 6.45) is 4.38. The smallest absolute Gasteiger partial charge is 0.0668 e. The summed E-state index contributed by atoms with van der Waals surface area (Å²) in [7, 11) is 0. The molecule has 1 saturated heterocycles. The lowest BCUT2D eigenvalue weighted by molar-refractivity contribution is -0.245. The zero-order chi connectivity index (χ0) is 5.59. The van der Waals surface area contributed by atoms with Gasteiger partial charge in [0.2, 0.25) is 0 Å². The molecular formula is C8H10O. The van der Waals surface area contributed by atoms with Crippen LogP contribution < -0.4 is 0 Å². The first-order valence-electron chi connectivity index (χ1n) is 4.12. The van der Waals surface area contributed by atoms with Gasteiger partial charge in [0.1, 0.15) is 0 Å². The number of fused-ring (bicyclic) bond motifs is 2. The molecule has 0 amide bonds. The van der Waals surface area contributed by atoms with E-state index in [0.29, 0.717) is 0 Å². The van der Waals surface area contributed by atoms with Crippen LogP contribution >= 0.6 is 0 Å². The molecule has 0 bridgehead atoms. The Morgan fingerprint density at radius 1 is 1.00 bits per heavy atom. The molecule has 0 spiro atoms. The molecule has 3 aliphatic carbocycles. The third-order valence-corrected chi connectivity index (χ3v) is 4.04. The molecule has 4 rings (SSSR count). The van der Waals surface area contributed by atoms with Crippen LogP contribution in [0.2, 0.25) is 0 Å². The first-order valence-corrected chi connectivity index (χ1v) is 4.12. The molecule has 3 saturated carbocycles. The molecule has 6 unspecified atom stereocenters. The molecule has 4 fully saturated rings. The molecule has 9 heavy (non-hydrogen) atoms. The molecular weight excluding hydrogens is 112 g/mol. The predicted octanol–water partition coefficient (Wildman–Crippen LogP) is 1.04. The van der Waals surface area contributed by atoms with Gasteiger partial charge in [-0.15, -0.1) is 0 Å². The van der Waals surface area contributed by atoms with Crippen LogP contribution in [0.25, 0.3) is 0 Å². The van der Waals surface area contributed by atoms with Gasteiger partial charge in [0.15, 0.2) is 0 Å². The van der Waals surface area contributed by atoms with Crippen LogP contribution in [-0.2, 0) is 4.74 Å². The number of rotatable bonds is 0. The summed E-state index contributed by atoms with van der Waals surface area (Å²) < 4.78 is 5.68. The molecule has 0 aromatic heterocycles. The van der Waals surface area contributed by atoms with Gasteiger partial charge in [0.05, 0.1) is 12.2 Å². The molecule has 0 aromatic carbocycles. The van der Waals surface area contributed by atoms with E-state index in [1.165, 1.54) is 18.8 Å². The van der Waals surface area contributed by atoms with Crippen molar-refractivity contribution in [2.75, 3.05) is 0 Å². The minimum Gasteiger partial charge on any atom is -0.374 e. The second kappa shape index (κ2) is 0.878. The Morgan fingerprint density at radius 2 is 2.00 bits per heavy atom. The van der Waals surface area contributed by atoms with Crippen molar-refractivity contribution in [3.63, 3.8) is 0 Å². The average molecular weight is 122 g/mol. The summed E-state index contributed by atoms with van der Waals surface area (Å²) in [5, 5.41) is 0. The highest BCUT2D eigenvalue weighted by Crippen LogP contribution is 2.76. The molecule has 6 atom stereocenters. The van der Waals surface area contributed by atoms with Gasteiger partial charge in [-0.3, -0.25) is 0 Å². The van der Waals surface area contributed by atoms with Gasteiger partial charge in [0, 0.05) is 5.92 Å². The molecule has 1 aliphatic heterocycles. The monoisotopic (exact) mass is 122 g/mol. The Balaban J connectivity index is 1.88. The summed E-state index contributed by atoms with van der Waals surface area (Å²) in [5.74, 6) is 4.43. The predicted molar refractivity (Wildman–Crippen MR) is 31.9 cm³/mol. The third-order valence-electron chi connectivity index (χ3n) is 4.04. The van der Waals surface area contributed by atoms with Crippen molar-refractivity contribution in [1.82, 2.24) is 0 Å². The highest BCUT2D eigenvalue weighted by Gasteiger charge is 2.78. The lowest BCUT2D eigenvalue weighted by atomic mass is 9.71. The Kier molecular flexibility index (Phi) is 0.387. The fraction of sp³-hybridized carbons (Fsp3) is 1.00. The van der Waals surface area contributed by atoms with E-state index in [4.69, 9.17) is 4.74 Å². The van der Waals surface area contributed by atoms with Crippen LogP contribution in [0.5, 0.6) is 0 Å². The van der Waals surface area contributed by atoms with Crippen LogP contribution in [0.1, 0.15) is 12.8 Å². The third kappa shape index (κ3) is 0.231. The SMILES string of the molecule is C1CC2C3C4OC1C4C23. The number of hydrogen-bond acceptors (Lipinski definition) is 1. The van der Waals surface area contributed by atoms with Crippen molar-refractivity contribution >= 4 is 0 Å². The van der Waals surface area contributed by atoms with Crippen LogP contribution in [0.15, 0.2) is 0 Å². The second-order valence-electron chi connectivity index (χ2n) is 4.11. The molecule has 0 radical (unpaired) electrons. The number of ether oxygens (including phenoxy) is 1. The van der Waals surface area contributed by atoms with E-state index >= 15 is 0 Å².